The number of hydrogen-bond acceptors (Lipinski definition) is 4. The van der Waals surface area contributed by atoms with E-state index in [0.29, 0.717) is 15.6 Å². The average Bonchev–Trinajstić information content (AvgIpc) is 2.93. The van der Waals surface area contributed by atoms with Gasteiger partial charge in [-0.2, -0.15) is 5.26 Å². The number of carbonyl (C=O) groups is 1. The highest BCUT2D eigenvalue weighted by atomic mass is 79.9. The van der Waals surface area contributed by atoms with E-state index in [1.165, 1.54) is 6.07 Å². The van der Waals surface area contributed by atoms with Crippen molar-refractivity contribution in [2.45, 2.75) is 11.2 Å². The Morgan fingerprint density at radius 3 is 2.58 bits per heavy atom. The van der Waals surface area contributed by atoms with Gasteiger partial charge in [0.15, 0.2) is 5.78 Å². The highest BCUT2D eigenvalue weighted by molar-refractivity contribution is 9.10. The number of nitrogens with zero attached hydrogens (tertiary/aromatic N) is 1. The van der Waals surface area contributed by atoms with Crippen molar-refractivity contribution >= 4 is 38.5 Å². The van der Waals surface area contributed by atoms with Gasteiger partial charge < -0.3 is 0 Å². The Bertz CT molecular complexity index is 850. The predicted molar refractivity (Wildman–Crippen MR) is 95.8 cm³/mol. The number of carbonyl (C=O) groups excluding carboxylic acids is 1. The molecule has 1 N–H and O–H groups in total. The van der Waals surface area contributed by atoms with Crippen molar-refractivity contribution < 1.29 is 9.18 Å². The summed E-state index contributed by atoms with van der Waals surface area (Å²) in [6.45, 7) is 0. The maximum Gasteiger partial charge on any atom is 0.176 e. The maximum atomic E-state index is 13.9. The first kappa shape index (κ1) is 16.9. The molecule has 3 atom stereocenters. The Morgan fingerprint density at radius 2 is 1.96 bits per heavy atom. The fourth-order valence-electron chi connectivity index (χ4n) is 2.83. The van der Waals surface area contributed by atoms with Crippen molar-refractivity contribution in [3.63, 3.8) is 0 Å². The predicted octanol–water partition coefficient (Wildman–Crippen LogP) is 4.79. The number of nitrogens with one attached hydrogen (secondary N) is 1. The van der Waals surface area contributed by atoms with Gasteiger partial charge in [0.2, 0.25) is 0 Å². The molecule has 120 valence electrons. The zero-order chi connectivity index (χ0) is 17.3. The lowest BCUT2D eigenvalue weighted by molar-refractivity contribution is 0.0980. The number of nitriles is 1. The van der Waals surface area contributed by atoms with Gasteiger partial charge in [0.05, 0.1) is 20.8 Å². The molecule has 3 nitrogen and oxygen atoms in total. The first-order valence-corrected chi connectivity index (χ1v) is 8.89. The van der Waals surface area contributed by atoms with Gasteiger partial charge in [0, 0.05) is 11.5 Å². The lowest BCUT2D eigenvalue weighted by Gasteiger charge is -2.20. The van der Waals surface area contributed by atoms with Crippen molar-refractivity contribution in [2.24, 2.45) is 5.92 Å². The molecule has 1 aliphatic rings. The summed E-state index contributed by atoms with van der Waals surface area (Å²) in [4.78, 5) is 12.9. The SMILES string of the molecule is N#C[C@H]1C(=N)S[C@H](C(=O)c2ccccc2)[C@H]1c1ccc(Br)c(F)c1. The van der Waals surface area contributed by atoms with Gasteiger partial charge in [-0.05, 0) is 33.6 Å². The van der Waals surface area contributed by atoms with Crippen LogP contribution in [0, 0.1) is 28.5 Å². The van der Waals surface area contributed by atoms with Crippen LogP contribution in [0.25, 0.3) is 0 Å². The molecule has 1 saturated heterocycles. The standard InChI is InChI=1S/C18H12BrFN2OS/c19-13-7-6-11(8-14(13)20)15-12(9-21)18(22)24-17(15)16(23)10-4-2-1-3-5-10/h1-8,12,15,17,22H/t12-,15+,17+/m1/s1. The molecule has 0 aliphatic carbocycles. The Balaban J connectivity index is 2.04. The van der Waals surface area contributed by atoms with Gasteiger partial charge in [-0.25, -0.2) is 4.39 Å². The molecule has 0 amide bonds. The van der Waals surface area contributed by atoms with Crippen molar-refractivity contribution in [3.8, 4) is 6.07 Å². The Hall–Kier alpha value is -1.97. The molecule has 1 aliphatic heterocycles. The van der Waals surface area contributed by atoms with Crippen molar-refractivity contribution in [2.75, 3.05) is 0 Å². The molecule has 0 saturated carbocycles. The summed E-state index contributed by atoms with van der Waals surface area (Å²) in [7, 11) is 0. The van der Waals surface area contributed by atoms with Crippen molar-refractivity contribution in [1.29, 1.82) is 10.7 Å². The van der Waals surface area contributed by atoms with Crippen LogP contribution in [0.5, 0.6) is 0 Å². The highest BCUT2D eigenvalue weighted by Gasteiger charge is 2.46. The molecule has 6 heteroatoms. The van der Waals surface area contributed by atoms with Crippen LogP contribution in [0.3, 0.4) is 0 Å². The lowest BCUT2D eigenvalue weighted by Crippen LogP contribution is -2.25. The van der Waals surface area contributed by atoms with E-state index in [4.69, 9.17) is 5.41 Å². The van der Waals surface area contributed by atoms with E-state index in [9.17, 15) is 14.4 Å². The fraction of sp³-hybridized carbons (Fsp3) is 0.167. The summed E-state index contributed by atoms with van der Waals surface area (Å²) < 4.78 is 14.3. The number of thioether (sulfide) groups is 1. The van der Waals surface area contributed by atoms with Crippen LogP contribution in [0.1, 0.15) is 21.8 Å². The number of Topliss-reactive ketones (excluding diaryl/α,β-unsaturated/α-hetero) is 1. The molecular formula is C18H12BrFN2OS. The second kappa shape index (κ2) is 6.88. The summed E-state index contributed by atoms with van der Waals surface area (Å²) >= 11 is 4.20. The van der Waals surface area contributed by atoms with Gasteiger partial charge in [0.1, 0.15) is 11.7 Å². The minimum atomic E-state index is -0.742. The molecule has 0 spiro atoms. The summed E-state index contributed by atoms with van der Waals surface area (Å²) in [5.41, 5.74) is 1.09. The van der Waals surface area contributed by atoms with E-state index in [1.807, 2.05) is 6.07 Å². The van der Waals surface area contributed by atoms with Crippen LogP contribution < -0.4 is 0 Å². The van der Waals surface area contributed by atoms with Crippen LogP contribution in [-0.4, -0.2) is 16.1 Å². The van der Waals surface area contributed by atoms with Gasteiger partial charge in [0.25, 0.3) is 0 Å². The van der Waals surface area contributed by atoms with E-state index in [2.05, 4.69) is 22.0 Å². The summed E-state index contributed by atoms with van der Waals surface area (Å²) in [6.07, 6.45) is 0. The van der Waals surface area contributed by atoms with E-state index < -0.39 is 22.9 Å². The van der Waals surface area contributed by atoms with Crippen LogP contribution in [-0.2, 0) is 0 Å². The summed E-state index contributed by atoms with van der Waals surface area (Å²) in [5, 5.41) is 17.0. The first-order valence-electron chi connectivity index (χ1n) is 7.22. The quantitative estimate of drug-likeness (QED) is 0.750. The fourth-order valence-corrected chi connectivity index (χ4v) is 4.40. The number of halogens is 2. The lowest BCUT2D eigenvalue weighted by atomic mass is 9.82. The number of rotatable bonds is 3. The third-order valence-electron chi connectivity index (χ3n) is 4.01. The van der Waals surface area contributed by atoms with E-state index in [1.54, 1.807) is 36.4 Å². The van der Waals surface area contributed by atoms with Crippen LogP contribution >= 0.6 is 27.7 Å². The second-order valence-corrected chi connectivity index (χ2v) is 7.48. The third-order valence-corrected chi connectivity index (χ3v) is 5.92. The molecule has 2 aromatic carbocycles. The molecular weight excluding hydrogens is 391 g/mol. The molecule has 0 radical (unpaired) electrons. The van der Waals surface area contributed by atoms with E-state index in [0.717, 1.165) is 11.8 Å². The maximum absolute atomic E-state index is 13.9. The van der Waals surface area contributed by atoms with Crippen LogP contribution in [0.15, 0.2) is 53.0 Å². The number of hydrogen-bond donors (Lipinski definition) is 1. The van der Waals surface area contributed by atoms with Crippen LogP contribution in [0.4, 0.5) is 4.39 Å². The Labute approximate surface area is 151 Å². The molecule has 0 bridgehead atoms. The summed E-state index contributed by atoms with van der Waals surface area (Å²) in [5.74, 6) is -1.87. The zero-order valence-corrected chi connectivity index (χ0v) is 14.8. The van der Waals surface area contributed by atoms with E-state index >= 15 is 0 Å². The molecule has 0 unspecified atom stereocenters. The number of benzene rings is 2. The molecule has 3 rings (SSSR count). The van der Waals surface area contributed by atoms with Gasteiger partial charge >= 0.3 is 0 Å². The van der Waals surface area contributed by atoms with Gasteiger partial charge in [-0.1, -0.05) is 48.2 Å². The second-order valence-electron chi connectivity index (χ2n) is 5.44. The molecule has 1 heterocycles. The molecule has 1 fully saturated rings. The number of ketones is 1. The zero-order valence-electron chi connectivity index (χ0n) is 12.4. The summed E-state index contributed by atoms with van der Waals surface area (Å²) in [6, 6.07) is 15.5. The topological polar surface area (TPSA) is 64.7 Å². The van der Waals surface area contributed by atoms with Crippen molar-refractivity contribution in [3.05, 3.63) is 69.9 Å². The largest absolute Gasteiger partial charge is 0.297 e. The molecule has 0 aromatic heterocycles. The minimum Gasteiger partial charge on any atom is -0.297 e. The van der Waals surface area contributed by atoms with Crippen LogP contribution in [0.2, 0.25) is 0 Å². The first-order chi connectivity index (χ1) is 11.5. The highest BCUT2D eigenvalue weighted by Crippen LogP contribution is 2.46. The van der Waals surface area contributed by atoms with Crippen molar-refractivity contribution in [1.82, 2.24) is 0 Å². The van der Waals surface area contributed by atoms with Gasteiger partial charge in [-0.3, -0.25) is 10.2 Å². The Morgan fingerprint density at radius 1 is 1.25 bits per heavy atom. The third kappa shape index (κ3) is 3.02. The monoisotopic (exact) mass is 402 g/mol. The molecule has 24 heavy (non-hydrogen) atoms. The minimum absolute atomic E-state index is 0.142. The van der Waals surface area contributed by atoms with Gasteiger partial charge in [-0.15, -0.1) is 0 Å². The smallest absolute Gasteiger partial charge is 0.176 e. The Kier molecular flexibility index (Phi) is 4.83. The normalized spacial score (nSPS) is 23.0. The average molecular weight is 403 g/mol. The van der Waals surface area contributed by atoms with E-state index in [-0.39, 0.29) is 10.8 Å². The molecule has 2 aromatic rings.